The van der Waals surface area contributed by atoms with Crippen molar-refractivity contribution in [3.63, 3.8) is 0 Å². The monoisotopic (exact) mass is 178 g/mol. The summed E-state index contributed by atoms with van der Waals surface area (Å²) in [6.07, 6.45) is 5.88. The van der Waals surface area contributed by atoms with Crippen molar-refractivity contribution in [3.05, 3.63) is 12.2 Å². The average Bonchev–Trinajstić information content (AvgIpc) is 2.48. The number of nitrogens with zero attached hydrogens (tertiary/aromatic N) is 2. The van der Waals surface area contributed by atoms with Crippen LogP contribution in [0.15, 0.2) is 12.2 Å². The molecule has 1 rings (SSSR count). The third-order valence-corrected chi connectivity index (χ3v) is 2.42. The first-order chi connectivity index (χ1) is 6.08. The molecule has 0 aliphatic heterocycles. The minimum absolute atomic E-state index is 0.318. The van der Waals surface area contributed by atoms with Crippen molar-refractivity contribution in [1.29, 1.82) is 5.26 Å². The van der Waals surface area contributed by atoms with Crippen LogP contribution in [-0.2, 0) is 0 Å². The second-order valence-corrected chi connectivity index (χ2v) is 3.88. The average molecular weight is 178 g/mol. The minimum Gasteiger partial charge on any atom is -0.393 e. The molecular weight excluding hydrogens is 163 g/mol. The lowest BCUT2D eigenvalue weighted by Gasteiger charge is -2.25. The predicted octanol–water partition coefficient (Wildman–Crippen LogP) is 0.265. The largest absolute Gasteiger partial charge is 0.393 e. The van der Waals surface area contributed by atoms with Gasteiger partial charge in [0.25, 0.3) is 0 Å². The van der Waals surface area contributed by atoms with Gasteiger partial charge in [0.15, 0.2) is 0 Å². The van der Waals surface area contributed by atoms with Crippen LogP contribution in [0.5, 0.6) is 0 Å². The number of hydrogen-bond acceptors (Lipinski definition) is 3. The van der Waals surface area contributed by atoms with E-state index < -0.39 is 5.50 Å². The first-order valence-corrected chi connectivity index (χ1v) is 4.53. The summed E-state index contributed by atoms with van der Waals surface area (Å²) in [4.78, 5) is 1.93. The van der Waals surface area contributed by atoms with Gasteiger partial charge >= 0.3 is 6.71 Å². The summed E-state index contributed by atoms with van der Waals surface area (Å²) in [5, 5.41) is 19.0. The van der Waals surface area contributed by atoms with Crippen LogP contribution in [0.2, 0.25) is 0 Å². The molecule has 0 aromatic carbocycles. The van der Waals surface area contributed by atoms with E-state index in [1.807, 2.05) is 25.1 Å². The molecule has 0 aromatic heterocycles. The Morgan fingerprint density at radius 1 is 1.69 bits per heavy atom. The standard InChI is InChI=1S/C9H15BN2O/c1-12(2)8-10(7-11)9(13)5-3-4-6-9/h3,5,13H,4,6,8H2,1-2H3. The van der Waals surface area contributed by atoms with E-state index in [1.165, 1.54) is 0 Å². The summed E-state index contributed by atoms with van der Waals surface area (Å²) >= 11 is 0. The second-order valence-electron chi connectivity index (χ2n) is 3.88. The highest BCUT2D eigenvalue weighted by Crippen LogP contribution is 2.25. The van der Waals surface area contributed by atoms with Gasteiger partial charge in [-0.05, 0) is 33.4 Å². The van der Waals surface area contributed by atoms with Crippen LogP contribution >= 0.6 is 0 Å². The van der Waals surface area contributed by atoms with Crippen molar-refractivity contribution in [2.24, 2.45) is 0 Å². The Kier molecular flexibility index (Phi) is 3.13. The van der Waals surface area contributed by atoms with Crippen LogP contribution in [0.3, 0.4) is 0 Å². The number of allylic oxidation sites excluding steroid dienone is 1. The summed E-state index contributed by atoms with van der Waals surface area (Å²) in [5.41, 5.74) is -0.890. The third-order valence-electron chi connectivity index (χ3n) is 2.42. The Labute approximate surface area is 79.7 Å². The first kappa shape index (κ1) is 10.3. The van der Waals surface area contributed by atoms with Crippen LogP contribution in [-0.4, -0.2) is 42.8 Å². The maximum Gasteiger partial charge on any atom is 0.321 e. The minimum atomic E-state index is -0.890. The van der Waals surface area contributed by atoms with E-state index in [0.717, 1.165) is 6.42 Å². The highest BCUT2D eigenvalue weighted by Gasteiger charge is 2.40. The van der Waals surface area contributed by atoms with Crippen molar-refractivity contribution in [3.8, 4) is 5.97 Å². The molecule has 0 fully saturated rings. The zero-order valence-corrected chi connectivity index (χ0v) is 8.20. The summed E-state index contributed by atoms with van der Waals surface area (Å²) in [5.74, 6) is 2.17. The molecule has 0 spiro atoms. The molecule has 0 amide bonds. The highest BCUT2D eigenvalue weighted by atomic mass is 16.3. The van der Waals surface area contributed by atoms with E-state index in [9.17, 15) is 5.11 Å². The summed E-state index contributed by atoms with van der Waals surface area (Å²) in [6, 6.07) is 0. The number of rotatable bonds is 3. The van der Waals surface area contributed by atoms with Gasteiger partial charge in [-0.25, -0.2) is 5.26 Å². The fourth-order valence-corrected chi connectivity index (χ4v) is 1.65. The molecule has 0 radical (unpaired) electrons. The zero-order chi connectivity index (χ0) is 9.90. The van der Waals surface area contributed by atoms with Crippen LogP contribution in [0.25, 0.3) is 0 Å². The summed E-state index contributed by atoms with van der Waals surface area (Å²) in [7, 11) is 3.82. The Balaban J connectivity index is 2.66. The fourth-order valence-electron chi connectivity index (χ4n) is 1.65. The molecule has 3 nitrogen and oxygen atoms in total. The quantitative estimate of drug-likeness (QED) is 0.498. The Bertz CT molecular complexity index is 246. The topological polar surface area (TPSA) is 47.3 Å². The highest BCUT2D eigenvalue weighted by molar-refractivity contribution is 6.70. The van der Waals surface area contributed by atoms with Crippen molar-refractivity contribution < 1.29 is 5.11 Å². The van der Waals surface area contributed by atoms with Crippen molar-refractivity contribution in [2.75, 3.05) is 20.5 Å². The van der Waals surface area contributed by atoms with Gasteiger partial charge in [-0.3, -0.25) is 0 Å². The van der Waals surface area contributed by atoms with Gasteiger partial charge in [0.2, 0.25) is 0 Å². The maximum absolute atomic E-state index is 10.1. The molecule has 0 bridgehead atoms. The van der Waals surface area contributed by atoms with Gasteiger partial charge in [-0.2, -0.15) is 0 Å². The van der Waals surface area contributed by atoms with Crippen LogP contribution in [0, 0.1) is 11.2 Å². The predicted molar refractivity (Wildman–Crippen MR) is 53.2 cm³/mol. The van der Waals surface area contributed by atoms with Crippen molar-refractivity contribution in [2.45, 2.75) is 18.3 Å². The van der Waals surface area contributed by atoms with Gasteiger partial charge in [-0.15, -0.1) is 0 Å². The summed E-state index contributed by atoms with van der Waals surface area (Å²) in [6.45, 7) is -0.318. The molecular formula is C9H15BN2O. The lowest BCUT2D eigenvalue weighted by atomic mass is 9.39. The molecule has 0 saturated heterocycles. The SMILES string of the molecule is CN(C)CB(C#N)C1(O)C=CCC1. The molecule has 70 valence electrons. The first-order valence-electron chi connectivity index (χ1n) is 4.53. The van der Waals surface area contributed by atoms with E-state index in [0.29, 0.717) is 12.9 Å². The van der Waals surface area contributed by atoms with Crippen molar-refractivity contribution >= 4 is 6.71 Å². The fraction of sp³-hybridized carbons (Fsp3) is 0.667. The number of nitriles is 1. The molecule has 1 atom stereocenters. The molecule has 1 unspecified atom stereocenters. The molecule has 4 heteroatoms. The number of aliphatic hydroxyl groups is 1. The van der Waals surface area contributed by atoms with Gasteiger partial charge in [0.05, 0.1) is 5.50 Å². The lowest BCUT2D eigenvalue weighted by molar-refractivity contribution is 0.168. The molecule has 1 aliphatic rings. The van der Waals surface area contributed by atoms with Gasteiger partial charge in [0.1, 0.15) is 0 Å². The van der Waals surface area contributed by atoms with Crippen LogP contribution in [0.4, 0.5) is 0 Å². The molecule has 0 saturated carbocycles. The molecule has 1 aliphatic carbocycles. The Morgan fingerprint density at radius 3 is 2.77 bits per heavy atom. The van der Waals surface area contributed by atoms with Gasteiger partial charge < -0.3 is 10.0 Å². The molecule has 13 heavy (non-hydrogen) atoms. The van der Waals surface area contributed by atoms with Crippen LogP contribution < -0.4 is 0 Å². The smallest absolute Gasteiger partial charge is 0.321 e. The second kappa shape index (κ2) is 3.95. The van der Waals surface area contributed by atoms with E-state index in [4.69, 9.17) is 5.26 Å². The number of hydrogen-bond donors (Lipinski definition) is 1. The maximum atomic E-state index is 10.1. The Morgan fingerprint density at radius 2 is 2.38 bits per heavy atom. The molecule has 0 heterocycles. The van der Waals surface area contributed by atoms with E-state index in [-0.39, 0.29) is 6.71 Å². The molecule has 0 aromatic rings. The van der Waals surface area contributed by atoms with E-state index in [2.05, 4.69) is 5.97 Å². The normalized spacial score (nSPS) is 26.4. The van der Waals surface area contributed by atoms with E-state index in [1.54, 1.807) is 6.08 Å². The molecule has 1 N–H and O–H groups in total. The Hall–Kier alpha value is -0.785. The summed E-state index contributed by atoms with van der Waals surface area (Å²) < 4.78 is 0. The van der Waals surface area contributed by atoms with Gasteiger partial charge in [-0.1, -0.05) is 12.2 Å². The van der Waals surface area contributed by atoms with E-state index >= 15 is 0 Å². The zero-order valence-electron chi connectivity index (χ0n) is 8.20. The van der Waals surface area contributed by atoms with Gasteiger partial charge in [0, 0.05) is 5.97 Å². The lowest BCUT2D eigenvalue weighted by Crippen LogP contribution is -2.48. The third kappa shape index (κ3) is 2.33. The van der Waals surface area contributed by atoms with Crippen molar-refractivity contribution in [1.82, 2.24) is 4.90 Å². The van der Waals surface area contributed by atoms with Crippen LogP contribution in [0.1, 0.15) is 12.8 Å².